The second kappa shape index (κ2) is 5.72. The van der Waals surface area contributed by atoms with Crippen LogP contribution in [-0.4, -0.2) is 15.0 Å². The fourth-order valence-corrected chi connectivity index (χ4v) is 2.32. The summed E-state index contributed by atoms with van der Waals surface area (Å²) < 4.78 is 42.9. The smallest absolute Gasteiger partial charge is 0.434 e. The van der Waals surface area contributed by atoms with E-state index >= 15 is 0 Å². The third kappa shape index (κ3) is 3.22. The molecule has 0 N–H and O–H groups in total. The molecule has 1 radical (unpaired) electrons. The molecule has 2 heterocycles. The minimum Gasteiger partial charge on any atom is -0.453 e. The third-order valence-corrected chi connectivity index (χ3v) is 3.37. The predicted octanol–water partition coefficient (Wildman–Crippen LogP) is 4.21. The first-order valence-electron chi connectivity index (χ1n) is 6.03. The van der Waals surface area contributed by atoms with E-state index in [0.29, 0.717) is 5.75 Å². The fourth-order valence-electron chi connectivity index (χ4n) is 1.56. The second-order valence-corrected chi connectivity index (χ2v) is 4.98. The minimum atomic E-state index is -4.48. The van der Waals surface area contributed by atoms with Gasteiger partial charge in [0.25, 0.3) is 0 Å². The van der Waals surface area contributed by atoms with Crippen LogP contribution in [0.2, 0.25) is 0 Å². The summed E-state index contributed by atoms with van der Waals surface area (Å²) in [7, 11) is 0. The maximum atomic E-state index is 12.5. The molecule has 22 heavy (non-hydrogen) atoms. The molecular formula is C14H7F3N3OS. The molecule has 0 fully saturated rings. The molecule has 0 unspecified atom stereocenters. The Morgan fingerprint density at radius 2 is 1.91 bits per heavy atom. The van der Waals surface area contributed by atoms with Crippen LogP contribution in [0.15, 0.2) is 41.9 Å². The molecule has 0 aliphatic heterocycles. The Morgan fingerprint density at radius 1 is 1.14 bits per heavy atom. The first kappa shape index (κ1) is 14.5. The van der Waals surface area contributed by atoms with Crippen molar-refractivity contribution in [3.63, 3.8) is 0 Å². The molecule has 111 valence electrons. The summed E-state index contributed by atoms with van der Waals surface area (Å²) in [4.78, 5) is 11.3. The lowest BCUT2D eigenvalue weighted by Gasteiger charge is -2.04. The molecule has 0 amide bonds. The maximum Gasteiger partial charge on any atom is 0.434 e. The van der Waals surface area contributed by atoms with Crippen LogP contribution in [0.4, 0.5) is 13.2 Å². The lowest BCUT2D eigenvalue weighted by Crippen LogP contribution is -2.05. The van der Waals surface area contributed by atoms with Crippen LogP contribution < -0.4 is 4.74 Å². The SMILES string of the molecule is FC(F)(F)c1csc(-c2n[c]c(Oc3ccccc3)cn2)n1. The molecule has 2 aromatic heterocycles. The number of halogens is 3. The predicted molar refractivity (Wildman–Crippen MR) is 73.5 cm³/mol. The highest BCUT2D eigenvalue weighted by molar-refractivity contribution is 7.13. The number of rotatable bonds is 3. The third-order valence-electron chi connectivity index (χ3n) is 2.53. The van der Waals surface area contributed by atoms with Crippen molar-refractivity contribution >= 4 is 11.3 Å². The Balaban J connectivity index is 1.78. The highest BCUT2D eigenvalue weighted by Crippen LogP contribution is 2.32. The van der Waals surface area contributed by atoms with Crippen molar-refractivity contribution < 1.29 is 17.9 Å². The van der Waals surface area contributed by atoms with Crippen molar-refractivity contribution in [2.75, 3.05) is 0 Å². The van der Waals surface area contributed by atoms with E-state index in [1.54, 1.807) is 24.3 Å². The van der Waals surface area contributed by atoms with Crippen LogP contribution >= 0.6 is 11.3 Å². The molecule has 0 saturated carbocycles. The normalized spacial score (nSPS) is 11.4. The number of aromatic nitrogens is 3. The molecule has 0 bridgehead atoms. The zero-order valence-electron chi connectivity index (χ0n) is 10.8. The second-order valence-electron chi connectivity index (χ2n) is 4.12. The van der Waals surface area contributed by atoms with E-state index in [2.05, 4.69) is 21.1 Å². The van der Waals surface area contributed by atoms with Gasteiger partial charge >= 0.3 is 6.18 Å². The van der Waals surface area contributed by atoms with Gasteiger partial charge in [0, 0.05) is 5.38 Å². The largest absolute Gasteiger partial charge is 0.453 e. The van der Waals surface area contributed by atoms with Crippen LogP contribution in [0, 0.1) is 6.20 Å². The van der Waals surface area contributed by atoms with Gasteiger partial charge in [-0.1, -0.05) is 18.2 Å². The van der Waals surface area contributed by atoms with Gasteiger partial charge in [-0.15, -0.1) is 11.3 Å². The lowest BCUT2D eigenvalue weighted by molar-refractivity contribution is -0.140. The summed E-state index contributed by atoms with van der Waals surface area (Å²) in [5.41, 5.74) is -0.958. The highest BCUT2D eigenvalue weighted by atomic mass is 32.1. The number of benzene rings is 1. The number of alkyl halides is 3. The van der Waals surface area contributed by atoms with Gasteiger partial charge in [0.1, 0.15) is 11.9 Å². The summed E-state index contributed by atoms with van der Waals surface area (Å²) in [6.45, 7) is 0. The maximum absolute atomic E-state index is 12.5. The number of hydrogen-bond donors (Lipinski definition) is 0. The summed E-state index contributed by atoms with van der Waals surface area (Å²) in [6, 6.07) is 8.95. The average molecular weight is 322 g/mol. The van der Waals surface area contributed by atoms with Crippen molar-refractivity contribution in [1.82, 2.24) is 15.0 Å². The summed E-state index contributed by atoms with van der Waals surface area (Å²) >= 11 is 0.822. The first-order valence-corrected chi connectivity index (χ1v) is 6.91. The van der Waals surface area contributed by atoms with Gasteiger partial charge in [0.15, 0.2) is 22.3 Å². The summed E-state index contributed by atoms with van der Waals surface area (Å²) in [5.74, 6) is 0.923. The van der Waals surface area contributed by atoms with Crippen molar-refractivity contribution in [3.05, 3.63) is 53.8 Å². The Kier molecular flexibility index (Phi) is 3.76. The van der Waals surface area contributed by atoms with Gasteiger partial charge in [-0.3, -0.25) is 0 Å². The first-order chi connectivity index (χ1) is 10.5. The van der Waals surface area contributed by atoms with Crippen molar-refractivity contribution in [2.45, 2.75) is 6.18 Å². The fraction of sp³-hybridized carbons (Fsp3) is 0.0714. The number of ether oxygens (including phenoxy) is 1. The number of nitrogens with zero attached hydrogens (tertiary/aromatic N) is 3. The number of thiazole rings is 1. The van der Waals surface area contributed by atoms with E-state index in [1.165, 1.54) is 6.20 Å². The number of para-hydroxylation sites is 1. The highest BCUT2D eigenvalue weighted by Gasteiger charge is 2.34. The molecule has 4 nitrogen and oxygen atoms in total. The Labute approximate surface area is 127 Å². The van der Waals surface area contributed by atoms with Crippen molar-refractivity contribution in [3.8, 4) is 22.3 Å². The van der Waals surface area contributed by atoms with Crippen LogP contribution in [0.5, 0.6) is 11.5 Å². The molecule has 0 aliphatic rings. The topological polar surface area (TPSA) is 47.9 Å². The molecule has 3 aromatic rings. The molecule has 8 heteroatoms. The minimum absolute atomic E-state index is 0.0703. The molecule has 0 atom stereocenters. The van der Waals surface area contributed by atoms with Gasteiger partial charge in [-0.05, 0) is 12.1 Å². The van der Waals surface area contributed by atoms with E-state index in [0.717, 1.165) is 16.7 Å². The van der Waals surface area contributed by atoms with E-state index in [4.69, 9.17) is 4.74 Å². The Bertz CT molecular complexity index is 757. The quantitative estimate of drug-likeness (QED) is 0.725. The molecule has 0 saturated heterocycles. The van der Waals surface area contributed by atoms with E-state index in [9.17, 15) is 13.2 Å². The zero-order chi connectivity index (χ0) is 15.6. The molecule has 0 aliphatic carbocycles. The van der Waals surface area contributed by atoms with Gasteiger partial charge in [0.05, 0.1) is 6.20 Å². The lowest BCUT2D eigenvalue weighted by atomic mass is 10.3. The molecule has 0 spiro atoms. The Hall–Kier alpha value is -2.48. The monoisotopic (exact) mass is 322 g/mol. The van der Waals surface area contributed by atoms with Gasteiger partial charge in [-0.2, -0.15) is 13.2 Å². The Morgan fingerprint density at radius 3 is 2.50 bits per heavy atom. The summed E-state index contributed by atoms with van der Waals surface area (Å²) in [5, 5.41) is 1.00. The van der Waals surface area contributed by atoms with Crippen LogP contribution in [0.1, 0.15) is 5.69 Å². The van der Waals surface area contributed by atoms with E-state index in [-0.39, 0.29) is 16.6 Å². The zero-order valence-corrected chi connectivity index (χ0v) is 11.6. The van der Waals surface area contributed by atoms with Crippen molar-refractivity contribution in [1.29, 1.82) is 0 Å². The van der Waals surface area contributed by atoms with Crippen molar-refractivity contribution in [2.24, 2.45) is 0 Å². The van der Waals surface area contributed by atoms with E-state index in [1.807, 2.05) is 6.07 Å². The van der Waals surface area contributed by atoms with Crippen LogP contribution in [-0.2, 0) is 6.18 Å². The average Bonchev–Trinajstić information content (AvgIpc) is 2.99. The summed E-state index contributed by atoms with van der Waals surface area (Å²) in [6.07, 6.45) is -0.557. The van der Waals surface area contributed by atoms with Crippen LogP contribution in [0.3, 0.4) is 0 Å². The van der Waals surface area contributed by atoms with E-state index < -0.39 is 11.9 Å². The molecule has 3 rings (SSSR count). The van der Waals surface area contributed by atoms with Crippen LogP contribution in [0.25, 0.3) is 10.8 Å². The molecule has 1 aromatic carbocycles. The van der Waals surface area contributed by atoms with Gasteiger partial charge in [0.2, 0.25) is 0 Å². The standard InChI is InChI=1S/C14H7F3N3OS/c15-14(16,17)11-8-22-13(20-11)12-18-6-10(7-19-12)21-9-4-2-1-3-5-9/h1-6,8H. The molecular weight excluding hydrogens is 315 g/mol. The number of hydrogen-bond acceptors (Lipinski definition) is 5. The van der Waals surface area contributed by atoms with Gasteiger partial charge in [-0.25, -0.2) is 15.0 Å². The van der Waals surface area contributed by atoms with Gasteiger partial charge < -0.3 is 4.74 Å².